The lowest BCUT2D eigenvalue weighted by molar-refractivity contribution is -0.133. The molecule has 0 bridgehead atoms. The van der Waals surface area contributed by atoms with Gasteiger partial charge in [0, 0.05) is 38.9 Å². The van der Waals surface area contributed by atoms with Crippen molar-refractivity contribution in [3.63, 3.8) is 0 Å². The molecule has 0 aromatic heterocycles. The Morgan fingerprint density at radius 3 is 2.11 bits per heavy atom. The highest BCUT2D eigenvalue weighted by Gasteiger charge is 2.45. The lowest BCUT2D eigenvalue weighted by Crippen LogP contribution is -2.44. The first-order chi connectivity index (χ1) is 16.6. The van der Waals surface area contributed by atoms with Gasteiger partial charge in [-0.05, 0) is 67.5 Å². The zero-order valence-electron chi connectivity index (χ0n) is 19.9. The summed E-state index contributed by atoms with van der Waals surface area (Å²) in [7, 11) is -7.09. The summed E-state index contributed by atoms with van der Waals surface area (Å²) in [4.78, 5) is 14.7. The van der Waals surface area contributed by atoms with Crippen molar-refractivity contribution < 1.29 is 26.4 Å². The molecule has 2 aliphatic rings. The van der Waals surface area contributed by atoms with Crippen LogP contribution in [-0.2, 0) is 24.7 Å². The van der Waals surface area contributed by atoms with E-state index in [1.54, 1.807) is 0 Å². The Hall–Kier alpha value is -2.43. The van der Waals surface area contributed by atoms with Crippen LogP contribution in [0.2, 0.25) is 0 Å². The van der Waals surface area contributed by atoms with Crippen LogP contribution >= 0.6 is 0 Å². The van der Waals surface area contributed by atoms with Crippen molar-refractivity contribution in [2.75, 3.05) is 39.0 Å². The van der Waals surface area contributed by atoms with E-state index in [1.165, 1.54) is 28.6 Å². The Bertz CT molecular complexity index is 1240. The molecule has 2 aromatic carbocycles. The molecule has 4 rings (SSSR count). The maximum absolute atomic E-state index is 13.1. The molecule has 2 aliphatic heterocycles. The summed E-state index contributed by atoms with van der Waals surface area (Å²) >= 11 is 0. The van der Waals surface area contributed by atoms with Crippen LogP contribution in [0.4, 0.5) is 0 Å². The number of nitrogens with zero attached hydrogens (tertiary/aromatic N) is 2. The average molecular weight is 521 g/mol. The number of carbonyl (C=O) groups is 1. The Morgan fingerprint density at radius 1 is 0.886 bits per heavy atom. The standard InChI is InChI=1S/C25H32N2O6S2/c1-34(29,30)22-9-11-23(12-10-22)35(31,32)27-18-15-25(20-27)13-16-26(17-14-25)24(28)8-5-19-33-21-6-3-2-4-7-21/h2-4,6-7,9-12H,5,8,13-20H2,1H3. The van der Waals surface area contributed by atoms with Gasteiger partial charge < -0.3 is 9.64 Å². The first-order valence-corrected chi connectivity index (χ1v) is 15.2. The van der Waals surface area contributed by atoms with E-state index in [0.29, 0.717) is 45.6 Å². The summed E-state index contributed by atoms with van der Waals surface area (Å²) in [5.41, 5.74) is -0.118. The summed E-state index contributed by atoms with van der Waals surface area (Å²) in [6.45, 7) is 2.62. The quantitative estimate of drug-likeness (QED) is 0.496. The van der Waals surface area contributed by atoms with Gasteiger partial charge in [0.15, 0.2) is 9.84 Å². The van der Waals surface area contributed by atoms with Crippen molar-refractivity contribution in [3.8, 4) is 5.75 Å². The average Bonchev–Trinajstić information content (AvgIpc) is 3.26. The summed E-state index contributed by atoms with van der Waals surface area (Å²) in [6.07, 6.45) is 4.50. The number of para-hydroxylation sites is 1. The molecule has 10 heteroatoms. The molecule has 0 unspecified atom stereocenters. The van der Waals surface area contributed by atoms with Crippen LogP contribution in [0.25, 0.3) is 0 Å². The third-order valence-corrected chi connectivity index (χ3v) is 10.0. The van der Waals surface area contributed by atoms with Gasteiger partial charge in [-0.25, -0.2) is 16.8 Å². The molecule has 2 heterocycles. The summed E-state index contributed by atoms with van der Waals surface area (Å²) in [5, 5.41) is 0. The second-order valence-electron chi connectivity index (χ2n) is 9.48. The number of hydrogen-bond donors (Lipinski definition) is 0. The first kappa shape index (κ1) is 25.7. The van der Waals surface area contributed by atoms with Gasteiger partial charge in [-0.3, -0.25) is 4.79 Å². The maximum atomic E-state index is 13.1. The van der Waals surface area contributed by atoms with Gasteiger partial charge in [-0.1, -0.05) is 18.2 Å². The Labute approximate surface area is 207 Å². The van der Waals surface area contributed by atoms with Gasteiger partial charge in [0.1, 0.15) is 5.75 Å². The van der Waals surface area contributed by atoms with E-state index in [1.807, 2.05) is 35.2 Å². The van der Waals surface area contributed by atoms with Crippen LogP contribution < -0.4 is 4.74 Å². The highest BCUT2D eigenvalue weighted by atomic mass is 32.2. The van der Waals surface area contributed by atoms with Gasteiger partial charge in [0.25, 0.3) is 0 Å². The van der Waals surface area contributed by atoms with Crippen LogP contribution in [0.3, 0.4) is 0 Å². The Morgan fingerprint density at radius 2 is 1.49 bits per heavy atom. The van der Waals surface area contributed by atoms with Crippen molar-refractivity contribution in [2.24, 2.45) is 5.41 Å². The number of hydrogen-bond acceptors (Lipinski definition) is 6. The second kappa shape index (κ2) is 10.3. The number of carbonyl (C=O) groups excluding carboxylic acids is 1. The first-order valence-electron chi connectivity index (χ1n) is 11.9. The monoisotopic (exact) mass is 520 g/mol. The van der Waals surface area contributed by atoms with Gasteiger partial charge >= 0.3 is 0 Å². The number of piperidine rings is 1. The van der Waals surface area contributed by atoms with E-state index in [0.717, 1.165) is 31.3 Å². The molecule has 0 radical (unpaired) electrons. The largest absolute Gasteiger partial charge is 0.494 e. The topological polar surface area (TPSA) is 101 Å². The Kier molecular flexibility index (Phi) is 7.54. The molecule has 2 fully saturated rings. The number of amides is 1. The number of sulfonamides is 1. The molecule has 0 N–H and O–H groups in total. The van der Waals surface area contributed by atoms with Gasteiger partial charge in [-0.2, -0.15) is 4.31 Å². The molecule has 8 nitrogen and oxygen atoms in total. The number of ether oxygens (including phenoxy) is 1. The molecule has 0 saturated carbocycles. The highest BCUT2D eigenvalue weighted by Crippen LogP contribution is 2.42. The third kappa shape index (κ3) is 6.05. The number of benzene rings is 2. The third-order valence-electron chi connectivity index (χ3n) is 7.02. The lowest BCUT2D eigenvalue weighted by Gasteiger charge is -2.39. The van der Waals surface area contributed by atoms with Crippen LogP contribution in [0.15, 0.2) is 64.4 Å². The van der Waals surface area contributed by atoms with E-state index < -0.39 is 19.9 Å². The predicted octanol–water partition coefficient (Wildman–Crippen LogP) is 2.95. The zero-order chi connectivity index (χ0) is 25.1. The summed E-state index contributed by atoms with van der Waals surface area (Å²) < 4.78 is 56.8. The van der Waals surface area contributed by atoms with E-state index in [4.69, 9.17) is 4.74 Å². The molecule has 2 aromatic rings. The highest BCUT2D eigenvalue weighted by molar-refractivity contribution is 7.90. The summed E-state index contributed by atoms with van der Waals surface area (Å²) in [6, 6.07) is 14.9. The zero-order valence-corrected chi connectivity index (χ0v) is 21.6. The fraction of sp³-hybridized carbons (Fsp3) is 0.480. The molecule has 0 aliphatic carbocycles. The fourth-order valence-corrected chi connectivity index (χ4v) is 7.02. The lowest BCUT2D eigenvalue weighted by atomic mass is 9.78. The number of likely N-dealkylation sites (tertiary alicyclic amines) is 1. The van der Waals surface area contributed by atoms with E-state index >= 15 is 0 Å². The molecule has 190 valence electrons. The molecule has 35 heavy (non-hydrogen) atoms. The van der Waals surface area contributed by atoms with Crippen LogP contribution in [0.1, 0.15) is 32.1 Å². The van der Waals surface area contributed by atoms with Gasteiger partial charge in [-0.15, -0.1) is 0 Å². The second-order valence-corrected chi connectivity index (χ2v) is 13.4. The smallest absolute Gasteiger partial charge is 0.243 e. The Balaban J connectivity index is 1.27. The van der Waals surface area contributed by atoms with Crippen molar-refractivity contribution in [3.05, 3.63) is 54.6 Å². The predicted molar refractivity (Wildman–Crippen MR) is 132 cm³/mol. The van der Waals surface area contributed by atoms with Crippen LogP contribution in [0, 0.1) is 5.41 Å². The minimum Gasteiger partial charge on any atom is -0.494 e. The van der Waals surface area contributed by atoms with Crippen LogP contribution in [0.5, 0.6) is 5.75 Å². The molecule has 2 saturated heterocycles. The minimum absolute atomic E-state index is 0.0954. The maximum Gasteiger partial charge on any atom is 0.243 e. The van der Waals surface area contributed by atoms with Crippen molar-refractivity contribution in [1.82, 2.24) is 9.21 Å². The van der Waals surface area contributed by atoms with Gasteiger partial charge in [0.2, 0.25) is 15.9 Å². The fourth-order valence-electron chi connectivity index (χ4n) is 4.83. The normalized spacial score (nSPS) is 18.6. The molecule has 0 atom stereocenters. The van der Waals surface area contributed by atoms with Crippen LogP contribution in [-0.4, -0.2) is 71.0 Å². The van der Waals surface area contributed by atoms with Crippen molar-refractivity contribution in [1.29, 1.82) is 0 Å². The number of rotatable bonds is 8. The number of sulfone groups is 1. The van der Waals surface area contributed by atoms with E-state index in [9.17, 15) is 21.6 Å². The van der Waals surface area contributed by atoms with Crippen molar-refractivity contribution in [2.45, 2.75) is 41.9 Å². The molecular formula is C25H32N2O6S2. The van der Waals surface area contributed by atoms with Gasteiger partial charge in [0.05, 0.1) is 16.4 Å². The minimum atomic E-state index is -3.70. The molecular weight excluding hydrogens is 488 g/mol. The van der Waals surface area contributed by atoms with E-state index in [-0.39, 0.29) is 21.1 Å². The van der Waals surface area contributed by atoms with Crippen molar-refractivity contribution >= 4 is 25.8 Å². The van der Waals surface area contributed by atoms with E-state index in [2.05, 4.69) is 0 Å². The molecule has 1 amide bonds. The SMILES string of the molecule is CS(=O)(=O)c1ccc(S(=O)(=O)N2CCC3(CCN(C(=O)CCCOc4ccccc4)CC3)C2)cc1. The molecule has 1 spiro atoms. The summed E-state index contributed by atoms with van der Waals surface area (Å²) in [5.74, 6) is 0.914.